The summed E-state index contributed by atoms with van der Waals surface area (Å²) in [7, 11) is 0. The molecule has 5 rings (SSSR count). The third kappa shape index (κ3) is 3.53. The molecule has 0 spiro atoms. The number of aryl methyl sites for hydroxylation is 3. The van der Waals surface area contributed by atoms with Gasteiger partial charge < -0.3 is 4.74 Å². The molecule has 2 aromatic heterocycles. The van der Waals surface area contributed by atoms with Crippen LogP contribution in [-0.2, 0) is 30.5 Å². The third-order valence-corrected chi connectivity index (χ3v) is 7.97. The highest BCUT2D eigenvalue weighted by molar-refractivity contribution is 7.99. The van der Waals surface area contributed by atoms with Gasteiger partial charge in [-0.2, -0.15) is 0 Å². The maximum Gasteiger partial charge on any atom is 0.263 e. The molecule has 3 heterocycles. The molecule has 3 aromatic rings. The average molecular weight is 413 g/mol. The van der Waals surface area contributed by atoms with Gasteiger partial charge in [-0.15, -0.1) is 11.3 Å². The summed E-state index contributed by atoms with van der Waals surface area (Å²) in [5, 5.41) is 1.73. The minimum absolute atomic E-state index is 0.148. The van der Waals surface area contributed by atoms with Crippen LogP contribution in [0.3, 0.4) is 0 Å². The minimum atomic E-state index is 0.148. The highest BCUT2D eigenvalue weighted by Gasteiger charge is 2.24. The van der Waals surface area contributed by atoms with Crippen LogP contribution in [0.15, 0.2) is 40.3 Å². The Morgan fingerprint density at radius 2 is 2.11 bits per heavy atom. The van der Waals surface area contributed by atoms with Gasteiger partial charge in [0.1, 0.15) is 4.83 Å². The van der Waals surface area contributed by atoms with E-state index >= 15 is 0 Å². The van der Waals surface area contributed by atoms with E-state index in [1.54, 1.807) is 23.1 Å². The fourth-order valence-electron chi connectivity index (χ4n) is 4.19. The van der Waals surface area contributed by atoms with Crippen LogP contribution in [-0.4, -0.2) is 28.0 Å². The highest BCUT2D eigenvalue weighted by atomic mass is 32.2. The lowest BCUT2D eigenvalue weighted by molar-refractivity contribution is 0.129. The van der Waals surface area contributed by atoms with Crippen LogP contribution in [0.5, 0.6) is 0 Å². The molecule has 1 saturated heterocycles. The van der Waals surface area contributed by atoms with Gasteiger partial charge in [-0.1, -0.05) is 42.1 Å². The van der Waals surface area contributed by atoms with E-state index < -0.39 is 0 Å². The molecule has 4 nitrogen and oxygen atoms in total. The quantitative estimate of drug-likeness (QED) is 0.443. The predicted octanol–water partition coefficient (Wildman–Crippen LogP) is 4.46. The summed E-state index contributed by atoms with van der Waals surface area (Å²) in [6.45, 7) is 1.53. The van der Waals surface area contributed by atoms with E-state index in [2.05, 4.69) is 24.3 Å². The van der Waals surface area contributed by atoms with E-state index in [1.807, 2.05) is 10.6 Å². The maximum absolute atomic E-state index is 13.5. The van der Waals surface area contributed by atoms with E-state index in [1.165, 1.54) is 16.0 Å². The van der Waals surface area contributed by atoms with Crippen molar-refractivity contribution in [3.8, 4) is 0 Å². The number of thiophene rings is 1. The maximum atomic E-state index is 13.5. The van der Waals surface area contributed by atoms with Crippen LogP contribution in [0.4, 0.5) is 0 Å². The predicted molar refractivity (Wildman–Crippen MR) is 116 cm³/mol. The Labute approximate surface area is 172 Å². The van der Waals surface area contributed by atoms with Crippen molar-refractivity contribution < 1.29 is 4.74 Å². The lowest BCUT2D eigenvalue weighted by Gasteiger charge is -2.14. The zero-order valence-corrected chi connectivity index (χ0v) is 17.5. The van der Waals surface area contributed by atoms with Crippen LogP contribution in [0.1, 0.15) is 35.3 Å². The number of hydrogen-bond acceptors (Lipinski definition) is 5. The molecule has 1 fully saturated rings. The zero-order valence-electron chi connectivity index (χ0n) is 15.9. The summed E-state index contributed by atoms with van der Waals surface area (Å²) in [5.74, 6) is 0.869. The Hall–Kier alpha value is -1.63. The van der Waals surface area contributed by atoms with E-state index in [0.29, 0.717) is 6.54 Å². The van der Waals surface area contributed by atoms with Crippen molar-refractivity contribution in [2.75, 3.05) is 12.4 Å². The Bertz CT molecular complexity index is 1040. The summed E-state index contributed by atoms with van der Waals surface area (Å²) in [6.07, 6.45) is 6.65. The van der Waals surface area contributed by atoms with Crippen molar-refractivity contribution in [2.45, 2.75) is 56.3 Å². The second kappa shape index (κ2) is 8.01. The van der Waals surface area contributed by atoms with Crippen molar-refractivity contribution >= 4 is 33.3 Å². The zero-order chi connectivity index (χ0) is 18.9. The molecule has 0 bridgehead atoms. The van der Waals surface area contributed by atoms with E-state index in [4.69, 9.17) is 9.72 Å². The summed E-state index contributed by atoms with van der Waals surface area (Å²) in [6, 6.07) is 10.4. The van der Waals surface area contributed by atoms with Gasteiger partial charge in [-0.3, -0.25) is 9.36 Å². The molecule has 28 heavy (non-hydrogen) atoms. The standard InChI is InChI=1S/C22H24N2O2S2/c25-21-19-17-9-4-10-18(17)28-20(19)23-22(27-14-16-8-5-13-26-16)24(21)12-11-15-6-2-1-3-7-15/h1-3,6-7,16H,4-5,8-14H2/t16-/m1/s1. The van der Waals surface area contributed by atoms with Crippen molar-refractivity contribution in [2.24, 2.45) is 0 Å². The molecule has 2 aliphatic rings. The van der Waals surface area contributed by atoms with Gasteiger partial charge >= 0.3 is 0 Å². The fourth-order valence-corrected chi connectivity index (χ4v) is 6.59. The second-order valence-corrected chi connectivity index (χ2v) is 9.64. The smallest absolute Gasteiger partial charge is 0.263 e. The number of rotatable bonds is 6. The summed E-state index contributed by atoms with van der Waals surface area (Å²) >= 11 is 3.41. The molecular formula is C22H24N2O2S2. The summed E-state index contributed by atoms with van der Waals surface area (Å²) in [5.41, 5.74) is 2.66. The second-order valence-electron chi connectivity index (χ2n) is 7.57. The number of fused-ring (bicyclic) bond motifs is 3. The Balaban J connectivity index is 1.50. The van der Waals surface area contributed by atoms with E-state index in [0.717, 1.165) is 66.3 Å². The van der Waals surface area contributed by atoms with Crippen molar-refractivity contribution in [3.63, 3.8) is 0 Å². The minimum Gasteiger partial charge on any atom is -0.377 e. The number of aromatic nitrogens is 2. The first-order valence-corrected chi connectivity index (χ1v) is 11.9. The number of hydrogen-bond donors (Lipinski definition) is 0. The van der Waals surface area contributed by atoms with E-state index in [9.17, 15) is 4.79 Å². The lowest BCUT2D eigenvalue weighted by atomic mass is 10.1. The topological polar surface area (TPSA) is 44.1 Å². The number of ether oxygens (including phenoxy) is 1. The van der Waals surface area contributed by atoms with Crippen LogP contribution < -0.4 is 5.56 Å². The van der Waals surface area contributed by atoms with Gasteiger partial charge in [0.2, 0.25) is 0 Å². The molecule has 0 amide bonds. The third-order valence-electron chi connectivity index (χ3n) is 5.68. The van der Waals surface area contributed by atoms with Crippen molar-refractivity contribution in [1.82, 2.24) is 9.55 Å². The molecule has 1 aliphatic carbocycles. The van der Waals surface area contributed by atoms with E-state index in [-0.39, 0.29) is 11.7 Å². The number of thioether (sulfide) groups is 1. The van der Waals surface area contributed by atoms with Gasteiger partial charge in [-0.05, 0) is 49.7 Å². The van der Waals surface area contributed by atoms with Crippen LogP contribution in [0, 0.1) is 0 Å². The number of benzene rings is 1. The molecule has 0 unspecified atom stereocenters. The van der Waals surface area contributed by atoms with Gasteiger partial charge in [0, 0.05) is 23.8 Å². The molecule has 0 radical (unpaired) electrons. The van der Waals surface area contributed by atoms with Crippen LogP contribution >= 0.6 is 23.1 Å². The Morgan fingerprint density at radius 3 is 2.93 bits per heavy atom. The molecular weight excluding hydrogens is 388 g/mol. The Kier molecular flexibility index (Phi) is 5.26. The van der Waals surface area contributed by atoms with Gasteiger partial charge in [0.05, 0.1) is 11.5 Å². The summed E-state index contributed by atoms with van der Waals surface area (Å²) < 4.78 is 7.69. The first-order chi connectivity index (χ1) is 13.8. The van der Waals surface area contributed by atoms with Crippen molar-refractivity contribution in [1.29, 1.82) is 0 Å². The SMILES string of the molecule is O=c1c2c3c(sc2nc(SC[C@H]2CCCO2)n1CCc1ccccc1)CCC3. The molecule has 0 N–H and O–H groups in total. The molecule has 0 saturated carbocycles. The molecule has 146 valence electrons. The van der Waals surface area contributed by atoms with Gasteiger partial charge in [0.15, 0.2) is 5.16 Å². The molecule has 1 aliphatic heterocycles. The van der Waals surface area contributed by atoms with Gasteiger partial charge in [-0.25, -0.2) is 4.98 Å². The Morgan fingerprint density at radius 1 is 1.21 bits per heavy atom. The van der Waals surface area contributed by atoms with Crippen molar-refractivity contribution in [3.05, 3.63) is 56.7 Å². The van der Waals surface area contributed by atoms with Crippen LogP contribution in [0.2, 0.25) is 0 Å². The van der Waals surface area contributed by atoms with Crippen LogP contribution in [0.25, 0.3) is 10.2 Å². The first-order valence-electron chi connectivity index (χ1n) is 10.1. The largest absolute Gasteiger partial charge is 0.377 e. The number of nitrogens with zero attached hydrogens (tertiary/aromatic N) is 2. The highest BCUT2D eigenvalue weighted by Crippen LogP contribution is 2.36. The monoisotopic (exact) mass is 412 g/mol. The van der Waals surface area contributed by atoms with Gasteiger partial charge in [0.25, 0.3) is 5.56 Å². The normalized spacial score (nSPS) is 18.8. The fraction of sp³-hybridized carbons (Fsp3) is 0.455. The first kappa shape index (κ1) is 18.4. The lowest BCUT2D eigenvalue weighted by Crippen LogP contribution is -2.25. The summed E-state index contributed by atoms with van der Waals surface area (Å²) in [4.78, 5) is 20.7. The molecule has 1 aromatic carbocycles. The average Bonchev–Trinajstić information content (AvgIpc) is 3.44. The molecule has 1 atom stereocenters. The molecule has 6 heteroatoms.